The Hall–Kier alpha value is -2.69. The van der Waals surface area contributed by atoms with Crippen LogP contribution in [0.25, 0.3) is 21.8 Å². The molecule has 0 saturated carbocycles. The molecule has 0 amide bonds. The van der Waals surface area contributed by atoms with E-state index < -0.39 is 0 Å². The summed E-state index contributed by atoms with van der Waals surface area (Å²) in [7, 11) is 0. The molecule has 29 heavy (non-hydrogen) atoms. The van der Waals surface area contributed by atoms with Crippen molar-refractivity contribution in [3.05, 3.63) is 57.7 Å². The molecule has 0 aliphatic rings. The van der Waals surface area contributed by atoms with Crippen LogP contribution in [0.3, 0.4) is 0 Å². The first-order valence-electron chi connectivity index (χ1n) is 10.2. The zero-order valence-electron chi connectivity index (χ0n) is 18.3. The molecule has 1 unspecified atom stereocenters. The zero-order chi connectivity index (χ0) is 21.1. The number of nitrogens with zero attached hydrogens (tertiary/aromatic N) is 2. The summed E-state index contributed by atoms with van der Waals surface area (Å²) in [6.45, 7) is 15.0. The first kappa shape index (κ1) is 19.6. The van der Waals surface area contributed by atoms with Crippen LogP contribution >= 0.6 is 0 Å². The van der Waals surface area contributed by atoms with E-state index in [1.165, 1.54) is 27.6 Å². The smallest absolute Gasteiger partial charge is 0.130 e. The van der Waals surface area contributed by atoms with E-state index in [2.05, 4.69) is 61.9 Å². The second kappa shape index (κ2) is 6.68. The molecule has 0 radical (unpaired) electrons. The molecule has 4 nitrogen and oxygen atoms in total. The summed E-state index contributed by atoms with van der Waals surface area (Å²) in [6.07, 6.45) is 4.39. The molecule has 2 aromatic heterocycles. The van der Waals surface area contributed by atoms with Crippen molar-refractivity contribution in [2.75, 3.05) is 0 Å². The number of rotatable bonds is 3. The Labute approximate surface area is 170 Å². The van der Waals surface area contributed by atoms with Crippen molar-refractivity contribution in [1.82, 2.24) is 20.4 Å². The number of hydrogen-bond acceptors (Lipinski definition) is 2. The summed E-state index contributed by atoms with van der Waals surface area (Å²) >= 11 is 0. The van der Waals surface area contributed by atoms with Gasteiger partial charge >= 0.3 is 0 Å². The Balaban J connectivity index is 1.88. The summed E-state index contributed by atoms with van der Waals surface area (Å²) in [4.78, 5) is 0. The van der Waals surface area contributed by atoms with Gasteiger partial charge in [-0.25, -0.2) is 4.39 Å². The van der Waals surface area contributed by atoms with E-state index in [1.807, 2.05) is 19.2 Å². The number of aryl methyl sites for hydroxylation is 1. The Morgan fingerprint density at radius 1 is 1.00 bits per heavy atom. The Bertz CT molecular complexity index is 1220. The second-order valence-corrected chi connectivity index (χ2v) is 9.37. The SMILES string of the molecule is Cc1cc2[nH]ncc2c(C(C)Cc2c(C)c(C)c(C(C)(C)C)c3cn[nH]c23)c1F. The Morgan fingerprint density at radius 2 is 1.66 bits per heavy atom. The molecule has 1 atom stereocenters. The number of H-pyrrole nitrogens is 2. The minimum Gasteiger partial charge on any atom is -0.278 e. The van der Waals surface area contributed by atoms with Crippen LogP contribution in [0.2, 0.25) is 0 Å². The van der Waals surface area contributed by atoms with Gasteiger partial charge in [0.2, 0.25) is 0 Å². The lowest BCUT2D eigenvalue weighted by atomic mass is 9.78. The number of benzene rings is 2. The summed E-state index contributed by atoms with van der Waals surface area (Å²) in [6, 6.07) is 1.83. The van der Waals surface area contributed by atoms with E-state index in [0.29, 0.717) is 5.56 Å². The molecule has 4 rings (SSSR count). The minimum absolute atomic E-state index is 0.0000803. The van der Waals surface area contributed by atoms with Crippen molar-refractivity contribution in [2.24, 2.45) is 0 Å². The summed E-state index contributed by atoms with van der Waals surface area (Å²) in [5.74, 6) is -0.131. The molecule has 0 spiro atoms. The van der Waals surface area contributed by atoms with Crippen molar-refractivity contribution < 1.29 is 4.39 Å². The van der Waals surface area contributed by atoms with Crippen LogP contribution in [0.15, 0.2) is 18.5 Å². The molecule has 152 valence electrons. The van der Waals surface area contributed by atoms with Gasteiger partial charge in [0.1, 0.15) is 5.82 Å². The van der Waals surface area contributed by atoms with Gasteiger partial charge in [-0.05, 0) is 72.4 Å². The molecule has 0 bridgehead atoms. The van der Waals surface area contributed by atoms with E-state index in [9.17, 15) is 0 Å². The lowest BCUT2D eigenvalue weighted by Gasteiger charge is -2.26. The number of hydrogen-bond donors (Lipinski definition) is 2. The lowest BCUT2D eigenvalue weighted by Crippen LogP contribution is -2.16. The standard InChI is InChI=1S/C24H29FN4/c1-12(20-17-10-26-28-19(17)9-13(2)22(20)25)8-16-14(3)15(4)21(24(5,6)7)18-11-27-29-23(16)18/h9-12H,8H2,1-7H3,(H,26,28)(H,27,29). The molecule has 0 aliphatic carbocycles. The first-order chi connectivity index (χ1) is 13.6. The molecule has 0 saturated heterocycles. The molecule has 4 aromatic rings. The van der Waals surface area contributed by atoms with Gasteiger partial charge in [-0.3, -0.25) is 10.2 Å². The number of nitrogens with one attached hydrogen (secondary N) is 2. The van der Waals surface area contributed by atoms with Gasteiger partial charge in [0.05, 0.1) is 23.4 Å². The van der Waals surface area contributed by atoms with Crippen LogP contribution < -0.4 is 0 Å². The maximum absolute atomic E-state index is 15.2. The molecule has 5 heteroatoms. The summed E-state index contributed by atoms with van der Waals surface area (Å²) in [5, 5.41) is 16.7. The van der Waals surface area contributed by atoms with Crippen LogP contribution in [0.1, 0.15) is 67.0 Å². The average Bonchev–Trinajstić information content (AvgIpc) is 3.27. The van der Waals surface area contributed by atoms with Gasteiger partial charge < -0.3 is 0 Å². The highest BCUT2D eigenvalue weighted by molar-refractivity contribution is 5.89. The van der Waals surface area contributed by atoms with E-state index in [0.717, 1.165) is 28.4 Å². The fourth-order valence-corrected chi connectivity index (χ4v) is 4.85. The highest BCUT2D eigenvalue weighted by Crippen LogP contribution is 2.39. The van der Waals surface area contributed by atoms with Crippen LogP contribution in [-0.4, -0.2) is 20.4 Å². The second-order valence-electron chi connectivity index (χ2n) is 9.37. The van der Waals surface area contributed by atoms with Gasteiger partial charge in [0, 0.05) is 16.3 Å². The monoisotopic (exact) mass is 392 g/mol. The van der Waals surface area contributed by atoms with Crippen molar-refractivity contribution in [3.63, 3.8) is 0 Å². The minimum atomic E-state index is -0.132. The van der Waals surface area contributed by atoms with Crippen molar-refractivity contribution in [1.29, 1.82) is 0 Å². The molecule has 0 aliphatic heterocycles. The maximum atomic E-state index is 15.2. The third kappa shape index (κ3) is 3.04. The fraction of sp³-hybridized carbons (Fsp3) is 0.417. The highest BCUT2D eigenvalue weighted by atomic mass is 19.1. The number of aromatic nitrogens is 4. The summed E-state index contributed by atoms with van der Waals surface area (Å²) in [5.41, 5.74) is 8.45. The lowest BCUT2D eigenvalue weighted by molar-refractivity contribution is 0.583. The van der Waals surface area contributed by atoms with Gasteiger partial charge in [0.15, 0.2) is 0 Å². The van der Waals surface area contributed by atoms with Crippen LogP contribution in [0.5, 0.6) is 0 Å². The largest absolute Gasteiger partial charge is 0.278 e. The highest BCUT2D eigenvalue weighted by Gasteiger charge is 2.26. The molecule has 2 aromatic carbocycles. The Morgan fingerprint density at radius 3 is 2.34 bits per heavy atom. The van der Waals surface area contributed by atoms with Crippen molar-refractivity contribution in [3.8, 4) is 0 Å². The van der Waals surface area contributed by atoms with E-state index >= 15 is 4.39 Å². The molecule has 2 N–H and O–H groups in total. The predicted molar refractivity (Wildman–Crippen MR) is 117 cm³/mol. The van der Waals surface area contributed by atoms with Crippen LogP contribution in [0, 0.1) is 26.6 Å². The van der Waals surface area contributed by atoms with Crippen molar-refractivity contribution >= 4 is 21.8 Å². The third-order valence-corrected chi connectivity index (χ3v) is 6.26. The van der Waals surface area contributed by atoms with Crippen molar-refractivity contribution in [2.45, 2.75) is 66.2 Å². The van der Waals surface area contributed by atoms with Gasteiger partial charge in [-0.15, -0.1) is 0 Å². The maximum Gasteiger partial charge on any atom is 0.130 e. The molecular formula is C24H29FN4. The first-order valence-corrected chi connectivity index (χ1v) is 10.2. The predicted octanol–water partition coefficient (Wildman–Crippen LogP) is 6.15. The molecule has 2 heterocycles. The Kier molecular flexibility index (Phi) is 4.52. The number of aromatic amines is 2. The average molecular weight is 393 g/mol. The van der Waals surface area contributed by atoms with E-state index in [1.54, 1.807) is 6.20 Å². The number of fused-ring (bicyclic) bond motifs is 2. The normalized spacial score (nSPS) is 13.5. The van der Waals surface area contributed by atoms with Crippen LogP contribution in [-0.2, 0) is 11.8 Å². The molecular weight excluding hydrogens is 363 g/mol. The van der Waals surface area contributed by atoms with Gasteiger partial charge in [-0.2, -0.15) is 10.2 Å². The molecule has 0 fully saturated rings. The van der Waals surface area contributed by atoms with E-state index in [4.69, 9.17) is 0 Å². The fourth-order valence-electron chi connectivity index (χ4n) is 4.85. The zero-order valence-corrected chi connectivity index (χ0v) is 18.3. The summed E-state index contributed by atoms with van der Waals surface area (Å²) < 4.78 is 15.2. The topological polar surface area (TPSA) is 57.4 Å². The van der Waals surface area contributed by atoms with Gasteiger partial charge in [-0.1, -0.05) is 27.7 Å². The number of halogens is 1. The van der Waals surface area contributed by atoms with Gasteiger partial charge in [0.25, 0.3) is 0 Å². The third-order valence-electron chi connectivity index (χ3n) is 6.26. The quantitative estimate of drug-likeness (QED) is 0.439. The van der Waals surface area contributed by atoms with E-state index in [-0.39, 0.29) is 17.2 Å². The van der Waals surface area contributed by atoms with Crippen LogP contribution in [0.4, 0.5) is 4.39 Å².